The third kappa shape index (κ3) is 3.36. The van der Waals surface area contributed by atoms with Crippen LogP contribution in [0.4, 0.5) is 4.79 Å². The van der Waals surface area contributed by atoms with Crippen LogP contribution in [0.25, 0.3) is 0 Å². The molecule has 4 saturated carbocycles. The van der Waals surface area contributed by atoms with Gasteiger partial charge in [-0.2, -0.15) is 0 Å². The molecule has 1 saturated heterocycles. The summed E-state index contributed by atoms with van der Waals surface area (Å²) in [7, 11) is 2.05. The smallest absolute Gasteiger partial charge is 0.321 e. The average molecular weight is 385 g/mol. The number of nitrogens with one attached hydrogen (secondary N) is 2. The number of urea groups is 1. The fourth-order valence-electron chi connectivity index (χ4n) is 7.06. The van der Waals surface area contributed by atoms with Crippen LogP contribution in [0.15, 0.2) is 18.3 Å². The van der Waals surface area contributed by atoms with E-state index in [9.17, 15) is 9.59 Å². The van der Waals surface area contributed by atoms with Gasteiger partial charge in [-0.3, -0.25) is 15.0 Å². The van der Waals surface area contributed by atoms with Gasteiger partial charge in [0.2, 0.25) is 5.91 Å². The van der Waals surface area contributed by atoms with Crippen molar-refractivity contribution < 1.29 is 9.59 Å². The van der Waals surface area contributed by atoms with Crippen molar-refractivity contribution >= 4 is 11.9 Å². The summed E-state index contributed by atoms with van der Waals surface area (Å²) in [5.41, 5.74) is 1.18. The summed E-state index contributed by atoms with van der Waals surface area (Å²) in [6.07, 6.45) is 11.5. The summed E-state index contributed by atoms with van der Waals surface area (Å²) in [6, 6.07) is 4.14. The quantitative estimate of drug-likeness (QED) is 0.839. The lowest BCUT2D eigenvalue weighted by Gasteiger charge is -2.56. The van der Waals surface area contributed by atoms with Crippen molar-refractivity contribution in [3.8, 4) is 0 Å². The minimum Gasteiger partial charge on any atom is -0.353 e. The van der Waals surface area contributed by atoms with Crippen molar-refractivity contribution in [2.75, 3.05) is 13.1 Å². The third-order valence-electron chi connectivity index (χ3n) is 7.71. The Bertz CT molecular complexity index is 735. The number of imide groups is 1. The highest BCUT2D eigenvalue weighted by Crippen LogP contribution is 2.55. The number of likely N-dealkylation sites (tertiary alicyclic amines) is 1. The van der Waals surface area contributed by atoms with E-state index in [2.05, 4.69) is 26.2 Å². The molecule has 1 aliphatic heterocycles. The van der Waals surface area contributed by atoms with Gasteiger partial charge in [0.15, 0.2) is 0 Å². The molecule has 1 aromatic heterocycles. The molecule has 0 spiro atoms. The van der Waals surface area contributed by atoms with Gasteiger partial charge in [-0.25, -0.2) is 4.79 Å². The predicted octanol–water partition coefficient (Wildman–Crippen LogP) is 2.96. The number of rotatable bonds is 4. The number of amides is 3. The van der Waals surface area contributed by atoms with Gasteiger partial charge in [0.05, 0.1) is 12.6 Å². The van der Waals surface area contributed by atoms with Gasteiger partial charge in [0.1, 0.15) is 0 Å². The van der Waals surface area contributed by atoms with Crippen LogP contribution in [0.1, 0.15) is 63.1 Å². The predicted molar refractivity (Wildman–Crippen MR) is 107 cm³/mol. The van der Waals surface area contributed by atoms with Gasteiger partial charge < -0.3 is 9.88 Å². The molecular formula is C22H32N4O2. The summed E-state index contributed by atoms with van der Waals surface area (Å²) < 4.78 is 2.13. The summed E-state index contributed by atoms with van der Waals surface area (Å²) in [4.78, 5) is 27.4. The Morgan fingerprint density at radius 2 is 1.82 bits per heavy atom. The van der Waals surface area contributed by atoms with Crippen molar-refractivity contribution in [3.63, 3.8) is 0 Å². The van der Waals surface area contributed by atoms with Gasteiger partial charge in [0, 0.05) is 24.5 Å². The summed E-state index contributed by atoms with van der Waals surface area (Å²) >= 11 is 0. The SMILES string of the molecule is Cn1cccc1[C@@H]1CCCN1CC(=O)NC(=O)NC12CC3CC(CC(C3)C1)C2. The van der Waals surface area contributed by atoms with E-state index in [1.165, 1.54) is 25.0 Å². The Labute approximate surface area is 167 Å². The third-order valence-corrected chi connectivity index (χ3v) is 7.71. The number of aromatic nitrogens is 1. The van der Waals surface area contributed by atoms with Gasteiger partial charge >= 0.3 is 6.03 Å². The second-order valence-corrected chi connectivity index (χ2v) is 9.87. The van der Waals surface area contributed by atoms with E-state index in [4.69, 9.17) is 0 Å². The maximum absolute atomic E-state index is 12.6. The largest absolute Gasteiger partial charge is 0.353 e. The zero-order valence-electron chi connectivity index (χ0n) is 16.8. The molecule has 6 nitrogen and oxygen atoms in total. The first-order valence-electron chi connectivity index (χ1n) is 11.0. The molecule has 2 N–H and O–H groups in total. The second kappa shape index (κ2) is 6.90. The molecule has 152 valence electrons. The van der Waals surface area contributed by atoms with Crippen LogP contribution in [-0.2, 0) is 11.8 Å². The summed E-state index contributed by atoms with van der Waals surface area (Å²) in [5.74, 6) is 2.14. The minimum atomic E-state index is -0.290. The molecule has 1 atom stereocenters. The normalized spacial score (nSPS) is 36.6. The highest BCUT2D eigenvalue weighted by molar-refractivity contribution is 5.95. The van der Waals surface area contributed by atoms with Gasteiger partial charge in [-0.15, -0.1) is 0 Å². The van der Waals surface area contributed by atoms with Crippen LogP contribution in [0.2, 0.25) is 0 Å². The lowest BCUT2D eigenvalue weighted by Crippen LogP contribution is -2.62. The summed E-state index contributed by atoms with van der Waals surface area (Å²) in [5, 5.41) is 5.86. The van der Waals surface area contributed by atoms with E-state index in [0.717, 1.165) is 56.4 Å². The lowest BCUT2D eigenvalue weighted by atomic mass is 9.53. The zero-order chi connectivity index (χ0) is 19.3. The van der Waals surface area contributed by atoms with Crippen molar-refractivity contribution in [2.24, 2.45) is 24.8 Å². The van der Waals surface area contributed by atoms with Crippen LogP contribution in [0.5, 0.6) is 0 Å². The average Bonchev–Trinajstić information content (AvgIpc) is 3.21. The highest BCUT2D eigenvalue weighted by Gasteiger charge is 2.51. The first kappa shape index (κ1) is 18.2. The molecule has 5 aliphatic rings. The Balaban J connectivity index is 1.17. The van der Waals surface area contributed by atoms with Gasteiger partial charge in [-0.1, -0.05) is 0 Å². The van der Waals surface area contributed by atoms with E-state index < -0.39 is 0 Å². The van der Waals surface area contributed by atoms with Crippen molar-refractivity contribution in [3.05, 3.63) is 24.0 Å². The molecular weight excluding hydrogens is 352 g/mol. The van der Waals surface area contributed by atoms with Crippen LogP contribution < -0.4 is 10.6 Å². The maximum atomic E-state index is 12.6. The van der Waals surface area contributed by atoms with E-state index in [0.29, 0.717) is 0 Å². The Morgan fingerprint density at radius 1 is 1.14 bits per heavy atom. The van der Waals surface area contributed by atoms with Crippen LogP contribution in [0, 0.1) is 17.8 Å². The molecule has 1 aromatic rings. The molecule has 0 unspecified atom stereocenters. The van der Waals surface area contributed by atoms with Crippen LogP contribution in [-0.4, -0.2) is 40.0 Å². The molecule has 5 fully saturated rings. The molecule has 4 aliphatic carbocycles. The first-order chi connectivity index (χ1) is 13.5. The number of carbonyl (C=O) groups is 2. The standard InChI is InChI=1S/C22H32N4O2/c1-25-6-2-4-18(25)19-5-3-7-26(19)14-20(27)23-21(28)24-22-11-15-8-16(12-22)10-17(9-15)13-22/h2,4,6,15-17,19H,3,5,7-14H2,1H3,(H2,23,24,27,28)/t15?,16?,17?,19-,22?/m0/s1. The first-order valence-corrected chi connectivity index (χ1v) is 11.0. The Kier molecular flexibility index (Phi) is 4.49. The van der Waals surface area contributed by atoms with Gasteiger partial charge in [-0.05, 0) is 87.8 Å². The number of aryl methyl sites for hydroxylation is 1. The van der Waals surface area contributed by atoms with Crippen molar-refractivity contribution in [1.82, 2.24) is 20.1 Å². The van der Waals surface area contributed by atoms with E-state index in [1.807, 2.05) is 19.3 Å². The second-order valence-electron chi connectivity index (χ2n) is 9.87. The molecule has 3 amide bonds. The van der Waals surface area contributed by atoms with Crippen molar-refractivity contribution in [1.29, 1.82) is 0 Å². The summed E-state index contributed by atoms with van der Waals surface area (Å²) in [6.45, 7) is 1.18. The molecule has 6 heteroatoms. The number of hydrogen-bond donors (Lipinski definition) is 2. The van der Waals surface area contributed by atoms with E-state index >= 15 is 0 Å². The monoisotopic (exact) mass is 384 g/mol. The Morgan fingerprint density at radius 3 is 2.43 bits per heavy atom. The molecule has 6 rings (SSSR count). The lowest BCUT2D eigenvalue weighted by molar-refractivity contribution is -0.121. The molecule has 0 aromatic carbocycles. The minimum absolute atomic E-state index is 0.0572. The molecule has 4 bridgehead atoms. The topological polar surface area (TPSA) is 66.4 Å². The van der Waals surface area contributed by atoms with Crippen molar-refractivity contribution in [2.45, 2.75) is 62.9 Å². The molecule has 28 heavy (non-hydrogen) atoms. The number of carbonyl (C=O) groups excluding carboxylic acids is 2. The van der Waals surface area contributed by atoms with Gasteiger partial charge in [0.25, 0.3) is 0 Å². The number of hydrogen-bond acceptors (Lipinski definition) is 3. The highest BCUT2D eigenvalue weighted by atomic mass is 16.2. The van der Waals surface area contributed by atoms with Crippen LogP contribution >= 0.6 is 0 Å². The number of nitrogens with zero attached hydrogens (tertiary/aromatic N) is 2. The van der Waals surface area contributed by atoms with E-state index in [1.54, 1.807) is 0 Å². The van der Waals surface area contributed by atoms with Crippen LogP contribution in [0.3, 0.4) is 0 Å². The Hall–Kier alpha value is -1.82. The van der Waals surface area contributed by atoms with E-state index in [-0.39, 0.29) is 30.1 Å². The molecule has 0 radical (unpaired) electrons. The molecule has 2 heterocycles. The fourth-order valence-corrected chi connectivity index (χ4v) is 7.06. The fraction of sp³-hybridized carbons (Fsp3) is 0.727. The maximum Gasteiger partial charge on any atom is 0.321 e. The zero-order valence-corrected chi connectivity index (χ0v) is 16.8.